The molecule has 1 unspecified atom stereocenters. The van der Waals surface area contributed by atoms with Crippen LogP contribution in [-0.4, -0.2) is 19.1 Å². The number of hydrogen-bond donors (Lipinski definition) is 2. The summed E-state index contributed by atoms with van der Waals surface area (Å²) < 4.78 is 0. The van der Waals surface area contributed by atoms with Crippen LogP contribution in [0.4, 0.5) is 0 Å². The maximum Gasteiger partial charge on any atom is 0.0498 e. The highest BCUT2D eigenvalue weighted by molar-refractivity contribution is 5.09. The first-order valence-electron chi connectivity index (χ1n) is 4.74. The Labute approximate surface area is 82.1 Å². The second-order valence-electron chi connectivity index (χ2n) is 3.83. The summed E-state index contributed by atoms with van der Waals surface area (Å²) >= 11 is 0. The number of hydrogen-bond acceptors (Lipinski definition) is 2. The monoisotopic (exact) mass is 182 g/mol. The van der Waals surface area contributed by atoms with E-state index in [4.69, 9.17) is 0 Å². The highest BCUT2D eigenvalue weighted by atomic mass is 15.0. The van der Waals surface area contributed by atoms with E-state index in [0.717, 1.165) is 12.1 Å². The number of nitrogens with one attached hydrogen (secondary N) is 2. The third kappa shape index (κ3) is 5.47. The first-order chi connectivity index (χ1) is 5.97. The van der Waals surface area contributed by atoms with E-state index in [1.807, 2.05) is 14.0 Å². The maximum absolute atomic E-state index is 4.00. The molecule has 0 aromatic carbocycles. The molecule has 13 heavy (non-hydrogen) atoms. The van der Waals surface area contributed by atoms with E-state index in [2.05, 4.69) is 37.6 Å². The van der Waals surface area contributed by atoms with Crippen LogP contribution in [0, 0.1) is 0 Å². The third-order valence-corrected chi connectivity index (χ3v) is 1.80. The average molecular weight is 182 g/mol. The van der Waals surface area contributed by atoms with Crippen LogP contribution in [0.3, 0.4) is 0 Å². The minimum absolute atomic E-state index is 0.292. The van der Waals surface area contributed by atoms with Gasteiger partial charge in [-0.1, -0.05) is 12.2 Å². The van der Waals surface area contributed by atoms with Crippen molar-refractivity contribution in [2.45, 2.75) is 39.3 Å². The van der Waals surface area contributed by atoms with Crippen molar-refractivity contribution < 1.29 is 0 Å². The van der Waals surface area contributed by atoms with Crippen molar-refractivity contribution in [2.24, 2.45) is 0 Å². The standard InChI is InChI=1S/C11H22N2/c1-8(2)7-11(12-6)10(5)13-9(3)4/h9,11-13H,1,5,7H2,2-4,6H3. The van der Waals surface area contributed by atoms with Gasteiger partial charge in [0, 0.05) is 17.8 Å². The van der Waals surface area contributed by atoms with Gasteiger partial charge < -0.3 is 10.6 Å². The Kier molecular flexibility index (Phi) is 5.47. The van der Waals surface area contributed by atoms with Crippen molar-refractivity contribution in [3.05, 3.63) is 24.4 Å². The zero-order valence-corrected chi connectivity index (χ0v) is 9.28. The molecule has 0 saturated heterocycles. The minimum atomic E-state index is 0.292. The molecular formula is C11H22N2. The molecular weight excluding hydrogens is 160 g/mol. The molecule has 0 spiro atoms. The number of likely N-dealkylation sites (N-methyl/N-ethyl adjacent to an activating group) is 1. The highest BCUT2D eigenvalue weighted by Crippen LogP contribution is 2.07. The van der Waals surface area contributed by atoms with E-state index in [1.54, 1.807) is 0 Å². The molecule has 0 heterocycles. The van der Waals surface area contributed by atoms with Crippen LogP contribution in [0.15, 0.2) is 24.4 Å². The van der Waals surface area contributed by atoms with Crippen LogP contribution >= 0.6 is 0 Å². The van der Waals surface area contributed by atoms with Gasteiger partial charge in [0.2, 0.25) is 0 Å². The maximum atomic E-state index is 4.00. The molecule has 0 aromatic rings. The summed E-state index contributed by atoms with van der Waals surface area (Å²) in [5.74, 6) is 0. The second-order valence-corrected chi connectivity index (χ2v) is 3.83. The second kappa shape index (κ2) is 5.81. The molecule has 0 radical (unpaired) electrons. The van der Waals surface area contributed by atoms with Gasteiger partial charge in [0.25, 0.3) is 0 Å². The van der Waals surface area contributed by atoms with Crippen molar-refractivity contribution in [2.75, 3.05) is 7.05 Å². The van der Waals surface area contributed by atoms with Gasteiger partial charge in [0.05, 0.1) is 0 Å². The van der Waals surface area contributed by atoms with E-state index < -0.39 is 0 Å². The number of rotatable bonds is 6. The topological polar surface area (TPSA) is 24.1 Å². The lowest BCUT2D eigenvalue weighted by Gasteiger charge is -2.22. The van der Waals surface area contributed by atoms with Crippen LogP contribution < -0.4 is 10.6 Å². The van der Waals surface area contributed by atoms with E-state index in [0.29, 0.717) is 12.1 Å². The molecule has 0 aromatic heterocycles. The molecule has 0 bridgehead atoms. The highest BCUT2D eigenvalue weighted by Gasteiger charge is 2.10. The third-order valence-electron chi connectivity index (χ3n) is 1.80. The van der Waals surface area contributed by atoms with Gasteiger partial charge in [0.1, 0.15) is 0 Å². The van der Waals surface area contributed by atoms with Crippen LogP contribution in [0.5, 0.6) is 0 Å². The lowest BCUT2D eigenvalue weighted by Crippen LogP contribution is -2.36. The fraction of sp³-hybridized carbons (Fsp3) is 0.636. The normalized spacial score (nSPS) is 12.7. The van der Waals surface area contributed by atoms with Crippen molar-refractivity contribution in [1.82, 2.24) is 10.6 Å². The molecule has 0 fully saturated rings. The average Bonchev–Trinajstić information content (AvgIpc) is 1.98. The van der Waals surface area contributed by atoms with E-state index >= 15 is 0 Å². The first-order valence-corrected chi connectivity index (χ1v) is 4.74. The smallest absolute Gasteiger partial charge is 0.0498 e. The van der Waals surface area contributed by atoms with Gasteiger partial charge in [-0.2, -0.15) is 0 Å². The van der Waals surface area contributed by atoms with Crippen molar-refractivity contribution in [1.29, 1.82) is 0 Å². The molecule has 0 aliphatic rings. The molecule has 0 saturated carbocycles. The zero-order chi connectivity index (χ0) is 10.4. The van der Waals surface area contributed by atoms with E-state index in [9.17, 15) is 0 Å². The summed E-state index contributed by atoms with van der Waals surface area (Å²) in [7, 11) is 1.95. The summed E-state index contributed by atoms with van der Waals surface area (Å²) in [5.41, 5.74) is 2.21. The Balaban J connectivity index is 4.07. The van der Waals surface area contributed by atoms with Crippen molar-refractivity contribution in [3.8, 4) is 0 Å². The lowest BCUT2D eigenvalue weighted by molar-refractivity contribution is 0.548. The Morgan fingerprint density at radius 2 is 1.85 bits per heavy atom. The molecule has 2 N–H and O–H groups in total. The van der Waals surface area contributed by atoms with Gasteiger partial charge in [-0.05, 0) is 34.2 Å². The quantitative estimate of drug-likeness (QED) is 0.614. The molecule has 0 aliphatic carbocycles. The fourth-order valence-corrected chi connectivity index (χ4v) is 1.22. The minimum Gasteiger partial charge on any atom is -0.385 e. The SMILES string of the molecule is C=C(C)CC(NC)C(=C)NC(C)C. The lowest BCUT2D eigenvalue weighted by atomic mass is 10.1. The summed E-state index contributed by atoms with van der Waals surface area (Å²) in [4.78, 5) is 0. The van der Waals surface area contributed by atoms with Crippen LogP contribution in [0.1, 0.15) is 27.2 Å². The molecule has 1 atom stereocenters. The van der Waals surface area contributed by atoms with Crippen LogP contribution in [-0.2, 0) is 0 Å². The fourth-order valence-electron chi connectivity index (χ4n) is 1.22. The van der Waals surface area contributed by atoms with Crippen LogP contribution in [0.2, 0.25) is 0 Å². The summed E-state index contributed by atoms with van der Waals surface area (Å²) in [6.45, 7) is 14.2. The largest absolute Gasteiger partial charge is 0.385 e. The van der Waals surface area contributed by atoms with Gasteiger partial charge in [-0.25, -0.2) is 0 Å². The Morgan fingerprint density at radius 1 is 1.31 bits per heavy atom. The summed E-state index contributed by atoms with van der Waals surface area (Å²) in [5, 5.41) is 6.52. The van der Waals surface area contributed by atoms with E-state index in [-0.39, 0.29) is 0 Å². The van der Waals surface area contributed by atoms with E-state index in [1.165, 1.54) is 5.57 Å². The predicted octanol–water partition coefficient (Wildman–Crippen LogP) is 2.05. The first kappa shape index (κ1) is 12.2. The summed E-state index contributed by atoms with van der Waals surface area (Å²) in [6, 6.07) is 0.730. The Bertz CT molecular complexity index is 183. The van der Waals surface area contributed by atoms with Crippen molar-refractivity contribution >= 4 is 0 Å². The molecule has 2 heteroatoms. The van der Waals surface area contributed by atoms with Crippen molar-refractivity contribution in [3.63, 3.8) is 0 Å². The molecule has 0 aliphatic heterocycles. The molecule has 2 nitrogen and oxygen atoms in total. The van der Waals surface area contributed by atoms with Gasteiger partial charge in [-0.3, -0.25) is 0 Å². The summed E-state index contributed by atoms with van der Waals surface area (Å²) in [6.07, 6.45) is 0.940. The zero-order valence-electron chi connectivity index (χ0n) is 9.28. The molecule has 0 amide bonds. The van der Waals surface area contributed by atoms with Gasteiger partial charge in [0.15, 0.2) is 0 Å². The Morgan fingerprint density at radius 3 is 2.15 bits per heavy atom. The molecule has 0 rings (SSSR count). The van der Waals surface area contributed by atoms with Gasteiger partial charge in [-0.15, -0.1) is 6.58 Å². The Hall–Kier alpha value is -0.760. The molecule has 76 valence electrons. The van der Waals surface area contributed by atoms with Gasteiger partial charge >= 0.3 is 0 Å². The predicted molar refractivity (Wildman–Crippen MR) is 59.7 cm³/mol. The van der Waals surface area contributed by atoms with Crippen LogP contribution in [0.25, 0.3) is 0 Å².